The van der Waals surface area contributed by atoms with Gasteiger partial charge >= 0.3 is 0 Å². The highest BCUT2D eigenvalue weighted by molar-refractivity contribution is 5.97. The van der Waals surface area contributed by atoms with E-state index in [1.165, 1.54) is 0 Å². The molecule has 21 heavy (non-hydrogen) atoms. The molecule has 0 amide bonds. The summed E-state index contributed by atoms with van der Waals surface area (Å²) < 4.78 is 5.12. The molecule has 0 radical (unpaired) electrons. The van der Waals surface area contributed by atoms with E-state index in [2.05, 4.69) is 18.7 Å². The highest BCUT2D eigenvalue weighted by atomic mass is 16.5. The summed E-state index contributed by atoms with van der Waals surface area (Å²) in [4.78, 5) is 14.7. The van der Waals surface area contributed by atoms with Crippen LogP contribution in [0.4, 0.5) is 0 Å². The van der Waals surface area contributed by atoms with Gasteiger partial charge < -0.3 is 9.64 Å². The van der Waals surface area contributed by atoms with Gasteiger partial charge in [0.25, 0.3) is 0 Å². The van der Waals surface area contributed by atoms with Crippen molar-refractivity contribution in [3.8, 4) is 5.75 Å². The van der Waals surface area contributed by atoms with Gasteiger partial charge in [0.2, 0.25) is 0 Å². The second-order valence-corrected chi connectivity index (χ2v) is 5.82. The average molecular weight is 289 g/mol. The molecule has 0 unspecified atom stereocenters. The van der Waals surface area contributed by atoms with Gasteiger partial charge in [-0.1, -0.05) is 45.9 Å². The van der Waals surface area contributed by atoms with Gasteiger partial charge in [0.05, 0.1) is 7.11 Å². The Morgan fingerprint density at radius 3 is 2.24 bits per heavy atom. The molecule has 0 N–H and O–H groups in total. The Bertz CT molecular complexity index is 470. The van der Waals surface area contributed by atoms with Crippen LogP contribution in [0.25, 0.3) is 6.08 Å². The molecule has 0 heterocycles. The molecule has 116 valence electrons. The summed E-state index contributed by atoms with van der Waals surface area (Å²) in [5.74, 6) is 0.977. The maximum Gasteiger partial charge on any atom is 0.162 e. The zero-order valence-corrected chi connectivity index (χ0v) is 13.8. The van der Waals surface area contributed by atoms with Crippen molar-refractivity contribution >= 4 is 11.9 Å². The molecule has 1 rings (SSSR count). The van der Waals surface area contributed by atoms with Crippen LogP contribution >= 0.6 is 0 Å². The zero-order valence-electron chi connectivity index (χ0n) is 13.8. The fourth-order valence-electron chi connectivity index (χ4n) is 2.20. The van der Waals surface area contributed by atoms with Gasteiger partial charge in [-0.15, -0.1) is 0 Å². The summed E-state index contributed by atoms with van der Waals surface area (Å²) in [6, 6.07) is 7.68. The summed E-state index contributed by atoms with van der Waals surface area (Å²) in [5, 5.41) is 0. The largest absolute Gasteiger partial charge is 0.497 e. The first-order valence-electron chi connectivity index (χ1n) is 7.51. The number of ketones is 1. The average Bonchev–Trinajstić information content (AvgIpc) is 2.50. The smallest absolute Gasteiger partial charge is 0.162 e. The molecule has 0 aromatic heterocycles. The van der Waals surface area contributed by atoms with Crippen molar-refractivity contribution < 1.29 is 9.53 Å². The minimum Gasteiger partial charge on any atom is -0.497 e. The fraction of sp³-hybridized carbons (Fsp3) is 0.500. The summed E-state index contributed by atoms with van der Waals surface area (Å²) in [6.07, 6.45) is 3.55. The van der Waals surface area contributed by atoms with Crippen LogP contribution in [-0.4, -0.2) is 37.4 Å². The van der Waals surface area contributed by atoms with Crippen LogP contribution in [0.5, 0.6) is 5.75 Å². The van der Waals surface area contributed by atoms with Crippen LogP contribution in [0.3, 0.4) is 0 Å². The van der Waals surface area contributed by atoms with E-state index >= 15 is 0 Å². The lowest BCUT2D eigenvalue weighted by atomic mass is 9.87. The van der Waals surface area contributed by atoms with Gasteiger partial charge in [-0.3, -0.25) is 4.79 Å². The lowest BCUT2D eigenvalue weighted by Crippen LogP contribution is -2.38. The maximum atomic E-state index is 12.4. The van der Waals surface area contributed by atoms with Crippen LogP contribution < -0.4 is 4.74 Å². The molecule has 0 atom stereocenters. The molecule has 0 saturated heterocycles. The maximum absolute atomic E-state index is 12.4. The number of methoxy groups -OCH3 is 1. The van der Waals surface area contributed by atoms with Gasteiger partial charge in [0, 0.05) is 12.0 Å². The molecule has 1 aromatic rings. The number of hydrogen-bond acceptors (Lipinski definition) is 3. The van der Waals surface area contributed by atoms with E-state index in [1.54, 1.807) is 13.2 Å². The lowest BCUT2D eigenvalue weighted by Gasteiger charge is -2.29. The summed E-state index contributed by atoms with van der Waals surface area (Å²) in [7, 11) is 1.64. The molecule has 0 spiro atoms. The van der Waals surface area contributed by atoms with Gasteiger partial charge in [-0.05, 0) is 36.9 Å². The quantitative estimate of drug-likeness (QED) is 0.684. The van der Waals surface area contributed by atoms with Crippen molar-refractivity contribution in [2.75, 3.05) is 26.7 Å². The minimum atomic E-state index is -0.366. The second-order valence-electron chi connectivity index (χ2n) is 5.82. The third-order valence-electron chi connectivity index (χ3n) is 3.72. The molecule has 0 saturated carbocycles. The number of carbonyl (C=O) groups excluding carboxylic acids is 1. The summed E-state index contributed by atoms with van der Waals surface area (Å²) in [6.45, 7) is 11.0. The molecular weight excluding hydrogens is 262 g/mol. The second kappa shape index (κ2) is 7.99. The van der Waals surface area contributed by atoms with Crippen molar-refractivity contribution in [2.45, 2.75) is 27.7 Å². The highest BCUT2D eigenvalue weighted by Crippen LogP contribution is 2.20. The van der Waals surface area contributed by atoms with E-state index in [1.807, 2.05) is 44.2 Å². The van der Waals surface area contributed by atoms with E-state index in [9.17, 15) is 4.79 Å². The van der Waals surface area contributed by atoms with E-state index < -0.39 is 0 Å². The van der Waals surface area contributed by atoms with Gasteiger partial charge in [0.15, 0.2) is 5.78 Å². The predicted octanol–water partition coefficient (Wildman–Crippen LogP) is 3.65. The van der Waals surface area contributed by atoms with Crippen molar-refractivity contribution in [3.63, 3.8) is 0 Å². The number of allylic oxidation sites excluding steroid dienone is 1. The molecule has 0 aliphatic rings. The topological polar surface area (TPSA) is 29.5 Å². The monoisotopic (exact) mass is 289 g/mol. The molecule has 0 fully saturated rings. The molecule has 3 nitrogen and oxygen atoms in total. The Kier molecular flexibility index (Phi) is 6.63. The zero-order chi connectivity index (χ0) is 15.9. The van der Waals surface area contributed by atoms with E-state index in [4.69, 9.17) is 4.74 Å². The Morgan fingerprint density at radius 1 is 1.19 bits per heavy atom. The third-order valence-corrected chi connectivity index (χ3v) is 3.72. The molecular formula is C18H27NO2. The van der Waals surface area contributed by atoms with Crippen LogP contribution in [0, 0.1) is 5.41 Å². The number of nitrogens with zero attached hydrogens (tertiary/aromatic N) is 1. The Labute approximate surface area is 128 Å². The fourth-order valence-corrected chi connectivity index (χ4v) is 2.20. The van der Waals surface area contributed by atoms with Crippen molar-refractivity contribution in [1.82, 2.24) is 4.90 Å². The van der Waals surface area contributed by atoms with Crippen molar-refractivity contribution in [1.29, 1.82) is 0 Å². The van der Waals surface area contributed by atoms with Crippen molar-refractivity contribution in [3.05, 3.63) is 35.9 Å². The van der Waals surface area contributed by atoms with Crippen LogP contribution in [-0.2, 0) is 4.79 Å². The lowest BCUT2D eigenvalue weighted by molar-refractivity contribution is -0.123. The number of carbonyl (C=O) groups is 1. The first kappa shape index (κ1) is 17.4. The first-order chi connectivity index (χ1) is 9.92. The van der Waals surface area contributed by atoms with E-state index in [0.29, 0.717) is 0 Å². The van der Waals surface area contributed by atoms with Gasteiger partial charge in [0.1, 0.15) is 5.75 Å². The summed E-state index contributed by atoms with van der Waals surface area (Å²) in [5.41, 5.74) is 0.637. The molecule has 0 bridgehead atoms. The molecule has 0 aliphatic heterocycles. The Balaban J connectivity index is 2.71. The van der Waals surface area contributed by atoms with Crippen LogP contribution in [0.2, 0.25) is 0 Å². The first-order valence-corrected chi connectivity index (χ1v) is 7.51. The number of rotatable bonds is 8. The molecule has 1 aromatic carbocycles. The third kappa shape index (κ3) is 5.35. The Hall–Kier alpha value is -1.61. The molecule has 3 heteroatoms. The highest BCUT2D eigenvalue weighted by Gasteiger charge is 2.27. The SMILES string of the molecule is CCN(CC)CC(C)(C)C(=O)/C=C\c1ccc(OC)cc1. The van der Waals surface area contributed by atoms with E-state index in [0.717, 1.165) is 30.9 Å². The van der Waals surface area contributed by atoms with Gasteiger partial charge in [-0.2, -0.15) is 0 Å². The minimum absolute atomic E-state index is 0.158. The van der Waals surface area contributed by atoms with E-state index in [-0.39, 0.29) is 11.2 Å². The number of ether oxygens (including phenoxy) is 1. The number of benzene rings is 1. The number of hydrogen-bond donors (Lipinski definition) is 0. The summed E-state index contributed by atoms with van der Waals surface area (Å²) >= 11 is 0. The van der Waals surface area contributed by atoms with Crippen LogP contribution in [0.1, 0.15) is 33.3 Å². The van der Waals surface area contributed by atoms with Gasteiger partial charge in [-0.25, -0.2) is 0 Å². The standard InChI is InChI=1S/C18H27NO2/c1-6-19(7-2)14-18(3,4)17(20)13-10-15-8-11-16(21-5)12-9-15/h8-13H,6-7,14H2,1-5H3/b13-10-. The van der Waals surface area contributed by atoms with Crippen molar-refractivity contribution in [2.24, 2.45) is 5.41 Å². The normalized spacial score (nSPS) is 12.1. The van der Waals surface area contributed by atoms with Crippen LogP contribution in [0.15, 0.2) is 30.3 Å². The Morgan fingerprint density at radius 2 is 1.76 bits per heavy atom. The predicted molar refractivity (Wildman–Crippen MR) is 88.6 cm³/mol. The molecule has 0 aliphatic carbocycles.